The van der Waals surface area contributed by atoms with Crippen molar-refractivity contribution in [3.8, 4) is 0 Å². The average Bonchev–Trinajstić information content (AvgIpc) is 2.58. The summed E-state index contributed by atoms with van der Waals surface area (Å²) < 4.78 is 5.03. The molecule has 0 fully saturated rings. The molecule has 1 aromatic rings. The Balaban J connectivity index is 2.65. The molecule has 0 aliphatic heterocycles. The molecule has 1 aromatic carbocycles. The Morgan fingerprint density at radius 1 is 1.21 bits per heavy atom. The van der Waals surface area contributed by atoms with Crippen LogP contribution in [0.2, 0.25) is 0 Å². The van der Waals surface area contributed by atoms with Crippen LogP contribution in [0.3, 0.4) is 0 Å². The van der Waals surface area contributed by atoms with Gasteiger partial charge in [0.1, 0.15) is 5.60 Å². The number of non-ortho nitro benzene ring substituents is 1. The van der Waals surface area contributed by atoms with E-state index in [2.05, 4.69) is 5.32 Å². The predicted octanol–water partition coefficient (Wildman–Crippen LogP) is 1.79. The van der Waals surface area contributed by atoms with Gasteiger partial charge in [0, 0.05) is 25.1 Å². The largest absolute Gasteiger partial charge is 0.480 e. The van der Waals surface area contributed by atoms with Gasteiger partial charge in [0.25, 0.3) is 5.69 Å². The minimum atomic E-state index is -2.13. The molecule has 10 heteroatoms. The fourth-order valence-electron chi connectivity index (χ4n) is 2.31. The van der Waals surface area contributed by atoms with Crippen LogP contribution in [-0.4, -0.2) is 45.6 Å². The van der Waals surface area contributed by atoms with E-state index in [0.29, 0.717) is 5.56 Å². The van der Waals surface area contributed by atoms with Gasteiger partial charge in [-0.3, -0.25) is 14.9 Å². The maximum absolute atomic E-state index is 12.4. The first-order valence-corrected chi connectivity index (χ1v) is 8.61. The highest BCUT2D eigenvalue weighted by molar-refractivity contribution is 6.07. The summed E-state index contributed by atoms with van der Waals surface area (Å²) in [5, 5.41) is 22.4. The monoisotopic (exact) mass is 395 g/mol. The molecule has 10 nitrogen and oxygen atoms in total. The van der Waals surface area contributed by atoms with Crippen molar-refractivity contribution < 1.29 is 29.2 Å². The Kier molecular flexibility index (Phi) is 7.62. The molecule has 0 bridgehead atoms. The third-order valence-corrected chi connectivity index (χ3v) is 3.85. The fraction of sp³-hybridized carbons (Fsp3) is 0.500. The van der Waals surface area contributed by atoms with Crippen molar-refractivity contribution in [2.75, 3.05) is 6.54 Å². The van der Waals surface area contributed by atoms with Crippen LogP contribution >= 0.6 is 0 Å². The van der Waals surface area contributed by atoms with Crippen molar-refractivity contribution in [2.45, 2.75) is 51.2 Å². The van der Waals surface area contributed by atoms with E-state index in [1.54, 1.807) is 20.8 Å². The number of nitrogens with two attached hydrogens (primary N) is 1. The van der Waals surface area contributed by atoms with E-state index in [4.69, 9.17) is 10.5 Å². The van der Waals surface area contributed by atoms with Gasteiger partial charge in [-0.25, -0.2) is 9.59 Å². The predicted molar refractivity (Wildman–Crippen MR) is 99.8 cm³/mol. The molecular formula is C18H25N3O7. The molecule has 154 valence electrons. The number of hydrogen-bond acceptors (Lipinski definition) is 7. The molecule has 0 heterocycles. The molecular weight excluding hydrogens is 370 g/mol. The second-order valence-electron chi connectivity index (χ2n) is 7.30. The lowest BCUT2D eigenvalue weighted by atomic mass is 9.86. The molecule has 0 spiro atoms. The van der Waals surface area contributed by atoms with Crippen LogP contribution in [0.5, 0.6) is 0 Å². The van der Waals surface area contributed by atoms with E-state index in [1.165, 1.54) is 24.3 Å². The summed E-state index contributed by atoms with van der Waals surface area (Å²) in [6, 6.07) is 5.55. The van der Waals surface area contributed by atoms with E-state index in [9.17, 15) is 29.6 Å². The lowest BCUT2D eigenvalue weighted by Gasteiger charge is -2.24. The first-order valence-electron chi connectivity index (χ1n) is 8.61. The Morgan fingerprint density at radius 3 is 2.25 bits per heavy atom. The van der Waals surface area contributed by atoms with Crippen LogP contribution in [0.15, 0.2) is 24.3 Å². The number of nitrogens with one attached hydrogen (secondary N) is 1. The van der Waals surface area contributed by atoms with Crippen molar-refractivity contribution in [2.24, 2.45) is 5.73 Å². The van der Waals surface area contributed by atoms with Gasteiger partial charge in [-0.1, -0.05) is 12.1 Å². The summed E-state index contributed by atoms with van der Waals surface area (Å²) >= 11 is 0. The molecule has 0 aliphatic carbocycles. The number of rotatable bonds is 9. The number of hydrogen-bond donors (Lipinski definition) is 3. The van der Waals surface area contributed by atoms with Crippen LogP contribution < -0.4 is 11.1 Å². The van der Waals surface area contributed by atoms with E-state index in [0.717, 1.165) is 0 Å². The number of aryl methyl sites for hydroxylation is 1. The SMILES string of the molecule is CC(C)(C)OC(=O)NCCC(=O)C(N)(CCc1ccc([N+](=O)[O-])cc1)C(=O)O. The Bertz CT molecular complexity index is 741. The molecule has 4 N–H and O–H groups in total. The maximum atomic E-state index is 12.4. The molecule has 0 saturated carbocycles. The van der Waals surface area contributed by atoms with Crippen molar-refractivity contribution in [1.82, 2.24) is 5.32 Å². The van der Waals surface area contributed by atoms with Crippen LogP contribution in [0.25, 0.3) is 0 Å². The molecule has 0 aliphatic rings. The molecule has 0 radical (unpaired) electrons. The number of nitrogens with zero attached hydrogens (tertiary/aromatic N) is 1. The standard InChI is InChI=1S/C18H25N3O7/c1-17(2,3)28-16(25)20-11-9-14(22)18(19,15(23)24)10-8-12-4-6-13(7-5-12)21(26)27/h4-7H,8-11,19H2,1-3H3,(H,20,25)(H,23,24). The zero-order chi connectivity index (χ0) is 21.5. The topological polar surface area (TPSA) is 162 Å². The summed E-state index contributed by atoms with van der Waals surface area (Å²) in [4.78, 5) is 45.6. The lowest BCUT2D eigenvalue weighted by Crippen LogP contribution is -2.55. The minimum Gasteiger partial charge on any atom is -0.480 e. The van der Waals surface area contributed by atoms with E-state index >= 15 is 0 Å². The second-order valence-corrected chi connectivity index (χ2v) is 7.30. The molecule has 1 atom stereocenters. The molecule has 0 saturated heterocycles. The summed E-state index contributed by atoms with van der Waals surface area (Å²) in [5.41, 5.74) is 3.52. The minimum absolute atomic E-state index is 0.0923. The molecule has 0 aromatic heterocycles. The van der Waals surface area contributed by atoms with Gasteiger partial charge in [0.15, 0.2) is 11.3 Å². The van der Waals surface area contributed by atoms with Crippen LogP contribution in [-0.2, 0) is 20.7 Å². The summed E-state index contributed by atoms with van der Waals surface area (Å²) in [6.07, 6.45) is -1.04. The van der Waals surface area contributed by atoms with Gasteiger partial charge in [-0.15, -0.1) is 0 Å². The number of Topliss-reactive ketones (excluding diaryl/α,β-unsaturated/α-hetero) is 1. The van der Waals surface area contributed by atoms with Crippen molar-refractivity contribution in [3.05, 3.63) is 39.9 Å². The normalized spacial score (nSPS) is 13.3. The number of carbonyl (C=O) groups is 3. The number of nitro groups is 1. The van der Waals surface area contributed by atoms with Crippen molar-refractivity contribution >= 4 is 23.5 Å². The Morgan fingerprint density at radius 2 is 1.79 bits per heavy atom. The number of alkyl carbamates (subject to hydrolysis) is 1. The highest BCUT2D eigenvalue weighted by atomic mass is 16.6. The van der Waals surface area contributed by atoms with Gasteiger partial charge in [0.05, 0.1) is 4.92 Å². The zero-order valence-corrected chi connectivity index (χ0v) is 16.1. The third-order valence-electron chi connectivity index (χ3n) is 3.85. The van der Waals surface area contributed by atoms with Gasteiger partial charge in [-0.2, -0.15) is 0 Å². The van der Waals surface area contributed by atoms with Crippen LogP contribution in [0.1, 0.15) is 39.2 Å². The van der Waals surface area contributed by atoms with Gasteiger partial charge >= 0.3 is 12.1 Å². The van der Waals surface area contributed by atoms with Crippen LogP contribution in [0, 0.1) is 10.1 Å². The molecule has 1 unspecified atom stereocenters. The summed E-state index contributed by atoms with van der Waals surface area (Å²) in [6.45, 7) is 4.94. The van der Waals surface area contributed by atoms with Crippen molar-refractivity contribution in [3.63, 3.8) is 0 Å². The zero-order valence-electron chi connectivity index (χ0n) is 16.1. The smallest absolute Gasteiger partial charge is 0.407 e. The first-order chi connectivity index (χ1) is 12.8. The highest BCUT2D eigenvalue weighted by Gasteiger charge is 2.41. The lowest BCUT2D eigenvalue weighted by molar-refractivity contribution is -0.384. The number of carboxylic acid groups (broad SMARTS) is 1. The fourth-order valence-corrected chi connectivity index (χ4v) is 2.31. The number of carboxylic acids is 1. The first kappa shape index (κ1) is 23.0. The third kappa shape index (κ3) is 6.95. The number of nitro benzene ring substituents is 1. The number of ether oxygens (including phenoxy) is 1. The second kappa shape index (κ2) is 9.27. The summed E-state index contributed by atoms with van der Waals surface area (Å²) in [5.74, 6) is -2.21. The highest BCUT2D eigenvalue weighted by Crippen LogP contribution is 2.18. The Labute approximate surface area is 162 Å². The van der Waals surface area contributed by atoms with Gasteiger partial charge in [0.2, 0.25) is 0 Å². The average molecular weight is 395 g/mol. The summed E-state index contributed by atoms with van der Waals surface area (Å²) in [7, 11) is 0. The number of ketones is 1. The van der Waals surface area contributed by atoms with E-state index in [1.807, 2.05) is 0 Å². The number of benzene rings is 1. The van der Waals surface area contributed by atoms with E-state index in [-0.39, 0.29) is 31.5 Å². The number of aliphatic carboxylic acids is 1. The molecule has 28 heavy (non-hydrogen) atoms. The van der Waals surface area contributed by atoms with Gasteiger partial charge < -0.3 is 20.9 Å². The van der Waals surface area contributed by atoms with E-state index < -0.39 is 33.9 Å². The molecule has 1 amide bonds. The number of amides is 1. The van der Waals surface area contributed by atoms with Crippen molar-refractivity contribution in [1.29, 1.82) is 0 Å². The maximum Gasteiger partial charge on any atom is 0.407 e. The molecule has 1 rings (SSSR count). The van der Waals surface area contributed by atoms with Crippen LogP contribution in [0.4, 0.5) is 10.5 Å². The quantitative estimate of drug-likeness (QED) is 0.324. The van der Waals surface area contributed by atoms with Gasteiger partial charge in [-0.05, 0) is 39.2 Å². The number of carbonyl (C=O) groups excluding carboxylic acids is 2. The Hall–Kier alpha value is -3.01.